The van der Waals surface area contributed by atoms with Gasteiger partial charge in [0.1, 0.15) is 0 Å². The van der Waals surface area contributed by atoms with Crippen molar-refractivity contribution in [3.8, 4) is 0 Å². The van der Waals surface area contributed by atoms with E-state index in [1.165, 1.54) is 19.3 Å². The van der Waals surface area contributed by atoms with Crippen LogP contribution in [0.25, 0.3) is 0 Å². The first-order valence-electron chi connectivity index (χ1n) is 4.95. The molecule has 1 saturated heterocycles. The summed E-state index contributed by atoms with van der Waals surface area (Å²) >= 11 is 1.79. The van der Waals surface area contributed by atoms with Crippen LogP contribution >= 0.6 is 24.2 Å². The summed E-state index contributed by atoms with van der Waals surface area (Å²) in [6.45, 7) is 0.867. The van der Waals surface area contributed by atoms with Gasteiger partial charge in [-0.1, -0.05) is 12.8 Å². The summed E-state index contributed by atoms with van der Waals surface area (Å²) in [7, 11) is 0. The van der Waals surface area contributed by atoms with Crippen LogP contribution in [-0.2, 0) is 4.79 Å². The monoisotopic (exact) mass is 236 g/mol. The standard InChI is InChI=1S/C9H16N2OS.ClH/c12-9(8-5-13-6-11-8)10-4-3-7-1-2-7;/h7-8,11H,1-6H2,(H,10,12);1H/t8-;/m1./s1. The highest BCUT2D eigenvalue weighted by Crippen LogP contribution is 2.31. The number of amides is 1. The number of rotatable bonds is 4. The van der Waals surface area contributed by atoms with Crippen LogP contribution in [0, 0.1) is 5.92 Å². The van der Waals surface area contributed by atoms with Crippen molar-refractivity contribution >= 4 is 30.1 Å². The van der Waals surface area contributed by atoms with E-state index in [1.807, 2.05) is 0 Å². The molecule has 1 heterocycles. The van der Waals surface area contributed by atoms with Crippen LogP contribution in [0.15, 0.2) is 0 Å². The Kier molecular flexibility index (Phi) is 5.06. The number of carbonyl (C=O) groups is 1. The van der Waals surface area contributed by atoms with E-state index in [0.29, 0.717) is 0 Å². The molecule has 1 atom stereocenters. The van der Waals surface area contributed by atoms with Crippen LogP contribution in [0.3, 0.4) is 0 Å². The van der Waals surface area contributed by atoms with Crippen LogP contribution in [0.1, 0.15) is 19.3 Å². The maximum Gasteiger partial charge on any atom is 0.238 e. The molecule has 0 radical (unpaired) electrons. The molecule has 1 aliphatic heterocycles. The lowest BCUT2D eigenvalue weighted by atomic mass is 10.2. The maximum absolute atomic E-state index is 11.5. The molecule has 82 valence electrons. The Bertz CT molecular complexity index is 193. The number of hydrogen-bond donors (Lipinski definition) is 2. The number of carbonyl (C=O) groups excluding carboxylic acids is 1. The molecular formula is C9H17ClN2OS. The van der Waals surface area contributed by atoms with Gasteiger partial charge in [0, 0.05) is 18.2 Å². The van der Waals surface area contributed by atoms with Crippen LogP contribution in [0.2, 0.25) is 0 Å². The molecule has 0 aromatic rings. The Hall–Kier alpha value is 0.0700. The Morgan fingerprint density at radius 2 is 2.29 bits per heavy atom. The average molecular weight is 237 g/mol. The van der Waals surface area contributed by atoms with Gasteiger partial charge in [0.05, 0.1) is 6.04 Å². The van der Waals surface area contributed by atoms with Crippen molar-refractivity contribution in [1.82, 2.24) is 10.6 Å². The van der Waals surface area contributed by atoms with E-state index in [9.17, 15) is 4.79 Å². The molecule has 5 heteroatoms. The van der Waals surface area contributed by atoms with Gasteiger partial charge in [-0.3, -0.25) is 10.1 Å². The molecule has 1 saturated carbocycles. The Morgan fingerprint density at radius 3 is 2.86 bits per heavy atom. The van der Waals surface area contributed by atoms with Crippen molar-refractivity contribution in [3.05, 3.63) is 0 Å². The summed E-state index contributed by atoms with van der Waals surface area (Å²) in [5.74, 6) is 2.94. The van der Waals surface area contributed by atoms with E-state index in [2.05, 4.69) is 10.6 Å². The zero-order chi connectivity index (χ0) is 9.10. The van der Waals surface area contributed by atoms with Gasteiger partial charge in [-0.25, -0.2) is 0 Å². The molecule has 2 fully saturated rings. The molecule has 2 N–H and O–H groups in total. The van der Waals surface area contributed by atoms with Gasteiger partial charge in [-0.15, -0.1) is 24.2 Å². The number of nitrogens with one attached hydrogen (secondary N) is 2. The first-order chi connectivity index (χ1) is 6.36. The third kappa shape index (κ3) is 3.67. The Balaban J connectivity index is 0.000000980. The SMILES string of the molecule is Cl.O=C(NCCC1CC1)[C@H]1CSCN1. The minimum Gasteiger partial charge on any atom is -0.355 e. The lowest BCUT2D eigenvalue weighted by Crippen LogP contribution is -2.42. The van der Waals surface area contributed by atoms with E-state index in [4.69, 9.17) is 0 Å². The molecular weight excluding hydrogens is 220 g/mol. The first kappa shape index (κ1) is 12.1. The maximum atomic E-state index is 11.5. The Morgan fingerprint density at radius 1 is 1.50 bits per heavy atom. The third-order valence-electron chi connectivity index (χ3n) is 2.58. The number of halogens is 1. The topological polar surface area (TPSA) is 41.1 Å². The largest absolute Gasteiger partial charge is 0.355 e. The van der Waals surface area contributed by atoms with E-state index in [-0.39, 0.29) is 24.4 Å². The zero-order valence-electron chi connectivity index (χ0n) is 8.12. The second kappa shape index (κ2) is 5.83. The molecule has 3 nitrogen and oxygen atoms in total. The fourth-order valence-corrected chi connectivity index (χ4v) is 2.43. The second-order valence-electron chi connectivity index (χ2n) is 3.79. The second-order valence-corrected chi connectivity index (χ2v) is 4.83. The highest BCUT2D eigenvalue weighted by Gasteiger charge is 2.24. The molecule has 1 aliphatic carbocycles. The van der Waals surface area contributed by atoms with Crippen LogP contribution in [0.5, 0.6) is 0 Å². The fraction of sp³-hybridized carbons (Fsp3) is 0.889. The molecule has 0 aromatic heterocycles. The summed E-state index contributed by atoms with van der Waals surface area (Å²) in [4.78, 5) is 11.5. The van der Waals surface area contributed by atoms with Gasteiger partial charge in [0.15, 0.2) is 0 Å². The van der Waals surface area contributed by atoms with Gasteiger partial charge in [0.25, 0.3) is 0 Å². The van der Waals surface area contributed by atoms with Crippen molar-refractivity contribution in [2.45, 2.75) is 25.3 Å². The van der Waals surface area contributed by atoms with Gasteiger partial charge in [-0.05, 0) is 12.3 Å². The van der Waals surface area contributed by atoms with E-state index in [1.54, 1.807) is 11.8 Å². The molecule has 0 unspecified atom stereocenters. The highest BCUT2D eigenvalue weighted by atomic mass is 35.5. The fourth-order valence-electron chi connectivity index (χ4n) is 1.49. The molecule has 2 rings (SSSR count). The smallest absolute Gasteiger partial charge is 0.238 e. The minimum atomic E-state index is 0. The summed E-state index contributed by atoms with van der Waals surface area (Å²) in [6.07, 6.45) is 3.91. The highest BCUT2D eigenvalue weighted by molar-refractivity contribution is 7.99. The lowest BCUT2D eigenvalue weighted by Gasteiger charge is -2.09. The molecule has 2 aliphatic rings. The third-order valence-corrected chi connectivity index (χ3v) is 3.52. The van der Waals surface area contributed by atoms with Crippen LogP contribution in [0.4, 0.5) is 0 Å². The predicted octanol–water partition coefficient (Wildman–Crippen LogP) is 0.987. The lowest BCUT2D eigenvalue weighted by molar-refractivity contribution is -0.122. The summed E-state index contributed by atoms with van der Waals surface area (Å²) < 4.78 is 0. The van der Waals surface area contributed by atoms with E-state index < -0.39 is 0 Å². The minimum absolute atomic E-state index is 0. The van der Waals surface area contributed by atoms with Gasteiger partial charge in [0.2, 0.25) is 5.91 Å². The molecule has 14 heavy (non-hydrogen) atoms. The van der Waals surface area contributed by atoms with Crippen molar-refractivity contribution < 1.29 is 4.79 Å². The van der Waals surface area contributed by atoms with Crippen molar-refractivity contribution in [3.63, 3.8) is 0 Å². The number of hydrogen-bond acceptors (Lipinski definition) is 3. The molecule has 0 aromatic carbocycles. The zero-order valence-corrected chi connectivity index (χ0v) is 9.76. The average Bonchev–Trinajstić information content (AvgIpc) is 2.80. The van der Waals surface area contributed by atoms with Crippen LogP contribution < -0.4 is 10.6 Å². The van der Waals surface area contributed by atoms with Gasteiger partial charge >= 0.3 is 0 Å². The van der Waals surface area contributed by atoms with Crippen LogP contribution in [-0.4, -0.2) is 30.1 Å². The summed E-state index contributed by atoms with van der Waals surface area (Å²) in [5.41, 5.74) is 0. The molecule has 0 spiro atoms. The summed E-state index contributed by atoms with van der Waals surface area (Å²) in [5, 5.41) is 6.14. The van der Waals surface area contributed by atoms with Crippen molar-refractivity contribution in [1.29, 1.82) is 0 Å². The van der Waals surface area contributed by atoms with Gasteiger partial charge in [-0.2, -0.15) is 0 Å². The van der Waals surface area contributed by atoms with Crippen molar-refractivity contribution in [2.24, 2.45) is 5.92 Å². The normalized spacial score (nSPS) is 25.6. The van der Waals surface area contributed by atoms with E-state index in [0.717, 1.165) is 24.1 Å². The Labute approximate surface area is 95.2 Å². The van der Waals surface area contributed by atoms with Crippen molar-refractivity contribution in [2.75, 3.05) is 18.2 Å². The first-order valence-corrected chi connectivity index (χ1v) is 6.10. The number of thioether (sulfide) groups is 1. The molecule has 1 amide bonds. The quantitative estimate of drug-likeness (QED) is 0.765. The summed E-state index contributed by atoms with van der Waals surface area (Å²) in [6, 6.07) is 0.0594. The predicted molar refractivity (Wildman–Crippen MR) is 61.8 cm³/mol. The molecule has 0 bridgehead atoms. The van der Waals surface area contributed by atoms with Gasteiger partial charge < -0.3 is 5.32 Å². The van der Waals surface area contributed by atoms with E-state index >= 15 is 0 Å².